The van der Waals surface area contributed by atoms with Crippen LogP contribution in [0, 0.1) is 0 Å². The molecule has 0 N–H and O–H groups in total. The average molecular weight is 361 g/mol. The molecule has 1 aromatic carbocycles. The van der Waals surface area contributed by atoms with Crippen LogP contribution >= 0.6 is 11.6 Å². The van der Waals surface area contributed by atoms with Crippen LogP contribution in [0.1, 0.15) is 24.9 Å². The highest BCUT2D eigenvalue weighted by Gasteiger charge is 2.16. The minimum Gasteiger partial charge on any atom is -0.303 e. The van der Waals surface area contributed by atoms with Crippen molar-refractivity contribution in [1.82, 2.24) is 9.55 Å². The van der Waals surface area contributed by atoms with Gasteiger partial charge in [-0.2, -0.15) is 0 Å². The zero-order chi connectivity index (χ0) is 17.2. The summed E-state index contributed by atoms with van der Waals surface area (Å²) in [5, 5.41) is 0.533. The van der Waals surface area contributed by atoms with Gasteiger partial charge >= 0.3 is 0 Å². The van der Waals surface area contributed by atoms with Crippen molar-refractivity contribution in [2.45, 2.75) is 24.7 Å². The Bertz CT molecular complexity index is 824. The Balaban J connectivity index is 2.46. The Hall–Kier alpha value is -1.73. The number of hydrogen-bond donors (Lipinski definition) is 0. The second kappa shape index (κ2) is 6.80. The van der Waals surface area contributed by atoms with Crippen molar-refractivity contribution in [3.05, 3.63) is 53.1 Å². The van der Waals surface area contributed by atoms with Crippen molar-refractivity contribution in [3.63, 3.8) is 0 Å². The maximum absolute atomic E-state index is 12.9. The summed E-state index contributed by atoms with van der Waals surface area (Å²) in [7, 11) is -3.31. The van der Waals surface area contributed by atoms with Crippen molar-refractivity contribution >= 4 is 21.4 Å². The Morgan fingerprint density at radius 3 is 2.43 bits per heavy atom. The van der Waals surface area contributed by atoms with E-state index in [0.717, 1.165) is 6.26 Å². The maximum atomic E-state index is 12.9. The van der Waals surface area contributed by atoms with Crippen molar-refractivity contribution in [1.29, 1.82) is 0 Å². The van der Waals surface area contributed by atoms with E-state index in [9.17, 15) is 17.2 Å². The quantitative estimate of drug-likeness (QED) is 0.812. The molecule has 2 aromatic rings. The number of aromatic nitrogens is 2. The van der Waals surface area contributed by atoms with Gasteiger partial charge in [-0.1, -0.05) is 17.7 Å². The van der Waals surface area contributed by atoms with Crippen LogP contribution in [-0.2, 0) is 16.3 Å². The third-order valence-electron chi connectivity index (χ3n) is 3.13. The molecule has 0 atom stereocenters. The second-order valence-corrected chi connectivity index (χ2v) is 7.63. The van der Waals surface area contributed by atoms with Gasteiger partial charge in [0.2, 0.25) is 0 Å². The van der Waals surface area contributed by atoms with E-state index in [1.54, 1.807) is 25.1 Å². The van der Waals surface area contributed by atoms with Gasteiger partial charge in [0.1, 0.15) is 11.5 Å². The minimum absolute atomic E-state index is 0.161. The molecule has 0 amide bonds. The van der Waals surface area contributed by atoms with E-state index >= 15 is 0 Å². The third kappa shape index (κ3) is 4.39. The van der Waals surface area contributed by atoms with E-state index in [0.29, 0.717) is 16.5 Å². The predicted octanol–water partition coefficient (Wildman–Crippen LogP) is 3.90. The van der Waals surface area contributed by atoms with Gasteiger partial charge in [0.25, 0.3) is 6.43 Å². The Kier molecular flexibility index (Phi) is 5.21. The minimum atomic E-state index is -3.31. The summed E-state index contributed by atoms with van der Waals surface area (Å²) < 4.78 is 50.3. The molecule has 0 aliphatic heterocycles. The van der Waals surface area contributed by atoms with Crippen LogP contribution in [-0.4, -0.2) is 24.2 Å². The van der Waals surface area contributed by atoms with E-state index in [-0.39, 0.29) is 17.0 Å². The molecule has 1 heterocycles. The van der Waals surface area contributed by atoms with Crippen LogP contribution in [0.2, 0.25) is 0 Å². The monoisotopic (exact) mass is 360 g/mol. The standard InChI is InChI=1S/C15H15ClF2N2O2S/c1-10(16)3-8-14-19-13(15(17)18)9-20(14)11-4-6-12(7-5-11)23(2,21)22/h3-7,9,15H,8H2,1-2H3/b10-3+. The van der Waals surface area contributed by atoms with Gasteiger partial charge in [0.15, 0.2) is 9.84 Å². The molecule has 0 bridgehead atoms. The van der Waals surface area contributed by atoms with Gasteiger partial charge in [0, 0.05) is 29.6 Å². The molecule has 1 aromatic heterocycles. The molecule has 0 saturated heterocycles. The normalized spacial score (nSPS) is 12.9. The zero-order valence-electron chi connectivity index (χ0n) is 12.5. The Morgan fingerprint density at radius 1 is 1.35 bits per heavy atom. The van der Waals surface area contributed by atoms with E-state index < -0.39 is 16.3 Å². The van der Waals surface area contributed by atoms with Crippen LogP contribution in [0.25, 0.3) is 5.69 Å². The first-order chi connectivity index (χ1) is 10.7. The molecule has 0 radical (unpaired) electrons. The number of allylic oxidation sites excluding steroid dienone is 2. The summed E-state index contributed by atoms with van der Waals surface area (Å²) >= 11 is 5.78. The Labute approximate surface area is 138 Å². The smallest absolute Gasteiger partial charge is 0.281 e. The summed E-state index contributed by atoms with van der Waals surface area (Å²) in [4.78, 5) is 4.08. The summed E-state index contributed by atoms with van der Waals surface area (Å²) in [6, 6.07) is 5.96. The summed E-state index contributed by atoms with van der Waals surface area (Å²) in [6.07, 6.45) is 1.61. The number of halogens is 3. The number of imidazole rings is 1. The van der Waals surface area contributed by atoms with Gasteiger partial charge in [-0.05, 0) is 31.2 Å². The summed E-state index contributed by atoms with van der Waals surface area (Å²) in [5.41, 5.74) is 0.209. The number of benzene rings is 1. The molecule has 0 aliphatic rings. The summed E-state index contributed by atoms with van der Waals surface area (Å²) in [5.74, 6) is 0.396. The average Bonchev–Trinajstić information content (AvgIpc) is 2.88. The molecule has 0 saturated carbocycles. The van der Waals surface area contributed by atoms with E-state index in [4.69, 9.17) is 11.6 Å². The fraction of sp³-hybridized carbons (Fsp3) is 0.267. The maximum Gasteiger partial charge on any atom is 0.281 e. The molecule has 0 unspecified atom stereocenters. The fourth-order valence-electron chi connectivity index (χ4n) is 2.00. The number of nitrogens with zero attached hydrogens (tertiary/aromatic N) is 2. The first-order valence-corrected chi connectivity index (χ1v) is 8.94. The molecule has 0 aliphatic carbocycles. The topological polar surface area (TPSA) is 52.0 Å². The lowest BCUT2D eigenvalue weighted by atomic mass is 10.3. The lowest BCUT2D eigenvalue weighted by Gasteiger charge is -2.07. The van der Waals surface area contributed by atoms with Crippen LogP contribution in [0.3, 0.4) is 0 Å². The van der Waals surface area contributed by atoms with Crippen LogP contribution in [0.4, 0.5) is 8.78 Å². The van der Waals surface area contributed by atoms with Crippen molar-refractivity contribution in [2.75, 3.05) is 6.26 Å². The number of alkyl halides is 2. The molecular weight excluding hydrogens is 346 g/mol. The third-order valence-corrected chi connectivity index (χ3v) is 4.41. The molecule has 8 heteroatoms. The number of hydrogen-bond acceptors (Lipinski definition) is 3. The van der Waals surface area contributed by atoms with Gasteiger partial charge in [0.05, 0.1) is 4.90 Å². The first kappa shape index (κ1) is 17.6. The molecule has 0 spiro atoms. The predicted molar refractivity (Wildman–Crippen MR) is 84.9 cm³/mol. The van der Waals surface area contributed by atoms with E-state index in [2.05, 4.69) is 4.98 Å². The second-order valence-electron chi connectivity index (χ2n) is 5.01. The first-order valence-electron chi connectivity index (χ1n) is 6.67. The highest BCUT2D eigenvalue weighted by molar-refractivity contribution is 7.90. The largest absolute Gasteiger partial charge is 0.303 e. The SMILES string of the molecule is C/C(Cl)=C\Cc1nc(C(F)F)cn1-c1ccc(S(C)(=O)=O)cc1. The molecule has 23 heavy (non-hydrogen) atoms. The van der Waals surface area contributed by atoms with Gasteiger partial charge in [-0.25, -0.2) is 22.2 Å². The van der Waals surface area contributed by atoms with Crippen molar-refractivity contribution < 1.29 is 17.2 Å². The van der Waals surface area contributed by atoms with Gasteiger partial charge < -0.3 is 4.57 Å². The Morgan fingerprint density at radius 2 is 1.96 bits per heavy atom. The molecular formula is C15H15ClF2N2O2S. The van der Waals surface area contributed by atoms with E-state index in [1.165, 1.54) is 22.9 Å². The molecule has 124 valence electrons. The van der Waals surface area contributed by atoms with Crippen LogP contribution in [0.5, 0.6) is 0 Å². The molecule has 4 nitrogen and oxygen atoms in total. The van der Waals surface area contributed by atoms with Gasteiger partial charge in [-0.3, -0.25) is 0 Å². The fourth-order valence-corrected chi connectivity index (χ4v) is 2.70. The summed E-state index contributed by atoms with van der Waals surface area (Å²) in [6.45, 7) is 1.68. The highest BCUT2D eigenvalue weighted by Crippen LogP contribution is 2.22. The van der Waals surface area contributed by atoms with E-state index in [1.807, 2.05) is 0 Å². The lowest BCUT2D eigenvalue weighted by Crippen LogP contribution is -2.01. The van der Waals surface area contributed by atoms with Crippen molar-refractivity contribution in [2.24, 2.45) is 0 Å². The lowest BCUT2D eigenvalue weighted by molar-refractivity contribution is 0.146. The van der Waals surface area contributed by atoms with Crippen molar-refractivity contribution in [3.8, 4) is 5.69 Å². The zero-order valence-corrected chi connectivity index (χ0v) is 14.1. The highest BCUT2D eigenvalue weighted by atomic mass is 35.5. The number of sulfone groups is 1. The molecule has 2 rings (SSSR count). The number of rotatable bonds is 5. The molecule has 0 fully saturated rings. The van der Waals surface area contributed by atoms with Crippen LogP contribution in [0.15, 0.2) is 46.5 Å². The van der Waals surface area contributed by atoms with Gasteiger partial charge in [-0.15, -0.1) is 0 Å². The van der Waals surface area contributed by atoms with Crippen LogP contribution < -0.4 is 0 Å².